The number of aromatic carboxylic acids is 1. The number of thiophene rings is 1. The van der Waals surface area contributed by atoms with Crippen LogP contribution in [0, 0.1) is 0 Å². The molecule has 1 N–H and O–H groups in total. The molecular weight excluding hydrogens is 326 g/mol. The van der Waals surface area contributed by atoms with Crippen LogP contribution in [-0.2, 0) is 6.54 Å². The van der Waals surface area contributed by atoms with Crippen LogP contribution >= 0.6 is 27.3 Å². The highest BCUT2D eigenvalue weighted by molar-refractivity contribution is 9.10. The number of nitrogens with zero attached hydrogens (tertiary/aromatic N) is 1. The van der Waals surface area contributed by atoms with Crippen molar-refractivity contribution >= 4 is 38.9 Å². The Balaban J connectivity index is 2.36. The van der Waals surface area contributed by atoms with E-state index in [1.165, 1.54) is 4.88 Å². The first-order valence-electron chi connectivity index (χ1n) is 5.92. The van der Waals surface area contributed by atoms with Crippen LogP contribution in [0.5, 0.6) is 0 Å². The summed E-state index contributed by atoms with van der Waals surface area (Å²) in [6.07, 6.45) is 0. The van der Waals surface area contributed by atoms with Gasteiger partial charge in [-0.25, -0.2) is 4.79 Å². The molecule has 0 amide bonds. The van der Waals surface area contributed by atoms with Crippen molar-refractivity contribution in [2.24, 2.45) is 0 Å². The van der Waals surface area contributed by atoms with Gasteiger partial charge in [0.1, 0.15) is 0 Å². The first-order valence-corrected chi connectivity index (χ1v) is 7.59. The summed E-state index contributed by atoms with van der Waals surface area (Å²) in [7, 11) is 0. The lowest BCUT2D eigenvalue weighted by Gasteiger charge is -2.24. The Labute approximate surface area is 124 Å². The fourth-order valence-electron chi connectivity index (χ4n) is 1.91. The molecule has 0 saturated carbocycles. The number of halogens is 1. The molecule has 1 heterocycles. The van der Waals surface area contributed by atoms with Crippen molar-refractivity contribution in [3.8, 4) is 0 Å². The average molecular weight is 340 g/mol. The van der Waals surface area contributed by atoms with E-state index in [4.69, 9.17) is 0 Å². The topological polar surface area (TPSA) is 40.5 Å². The number of benzene rings is 1. The molecule has 100 valence electrons. The predicted octanol–water partition coefficient (Wildman–Crippen LogP) is 4.24. The van der Waals surface area contributed by atoms with Crippen LogP contribution in [0.2, 0.25) is 0 Å². The van der Waals surface area contributed by atoms with Crippen molar-refractivity contribution < 1.29 is 9.90 Å². The molecule has 19 heavy (non-hydrogen) atoms. The van der Waals surface area contributed by atoms with Gasteiger partial charge < -0.3 is 10.0 Å². The maximum absolute atomic E-state index is 11.3. The highest BCUT2D eigenvalue weighted by atomic mass is 79.9. The molecule has 0 fully saturated rings. The zero-order valence-corrected chi connectivity index (χ0v) is 12.9. The second kappa shape index (κ2) is 6.21. The SMILES string of the molecule is CCN(Cc1cccs1)c1cc(Br)ccc1C(=O)O. The third-order valence-electron chi connectivity index (χ3n) is 2.84. The number of carboxylic acid groups (broad SMARTS) is 1. The van der Waals surface area contributed by atoms with Crippen molar-refractivity contribution in [1.29, 1.82) is 0 Å². The van der Waals surface area contributed by atoms with Crippen LogP contribution in [0.15, 0.2) is 40.2 Å². The Morgan fingerprint density at radius 3 is 2.79 bits per heavy atom. The molecule has 0 aliphatic heterocycles. The summed E-state index contributed by atoms with van der Waals surface area (Å²) in [5.74, 6) is -0.896. The van der Waals surface area contributed by atoms with E-state index in [0.717, 1.165) is 23.2 Å². The van der Waals surface area contributed by atoms with Gasteiger partial charge in [-0.2, -0.15) is 0 Å². The summed E-state index contributed by atoms with van der Waals surface area (Å²) in [6, 6.07) is 9.32. The average Bonchev–Trinajstić information content (AvgIpc) is 2.88. The number of carboxylic acids is 1. The van der Waals surface area contributed by atoms with E-state index < -0.39 is 5.97 Å². The van der Waals surface area contributed by atoms with Gasteiger partial charge in [0.15, 0.2) is 0 Å². The van der Waals surface area contributed by atoms with E-state index in [0.29, 0.717) is 5.56 Å². The Hall–Kier alpha value is -1.33. The van der Waals surface area contributed by atoms with Crippen molar-refractivity contribution in [1.82, 2.24) is 0 Å². The quantitative estimate of drug-likeness (QED) is 0.885. The Kier molecular flexibility index (Phi) is 4.61. The minimum Gasteiger partial charge on any atom is -0.478 e. The molecule has 0 saturated heterocycles. The number of hydrogen-bond acceptors (Lipinski definition) is 3. The molecule has 3 nitrogen and oxygen atoms in total. The summed E-state index contributed by atoms with van der Waals surface area (Å²) in [5, 5.41) is 11.3. The number of rotatable bonds is 5. The number of anilines is 1. The first kappa shape index (κ1) is 14.1. The maximum atomic E-state index is 11.3. The second-order valence-corrected chi connectivity index (χ2v) is 6.01. The summed E-state index contributed by atoms with van der Waals surface area (Å²) in [4.78, 5) is 14.6. The van der Waals surface area contributed by atoms with Gasteiger partial charge in [-0.3, -0.25) is 0 Å². The van der Waals surface area contributed by atoms with Crippen molar-refractivity contribution in [3.05, 3.63) is 50.6 Å². The predicted molar refractivity (Wildman–Crippen MR) is 82.1 cm³/mol. The molecule has 1 aromatic heterocycles. The molecule has 5 heteroatoms. The van der Waals surface area contributed by atoms with Crippen LogP contribution in [0.1, 0.15) is 22.2 Å². The zero-order valence-electron chi connectivity index (χ0n) is 10.5. The fourth-order valence-corrected chi connectivity index (χ4v) is 2.97. The zero-order chi connectivity index (χ0) is 13.8. The van der Waals surface area contributed by atoms with E-state index in [2.05, 4.69) is 26.9 Å². The van der Waals surface area contributed by atoms with Crippen molar-refractivity contribution in [3.63, 3.8) is 0 Å². The minimum atomic E-state index is -0.896. The molecule has 0 aliphatic carbocycles. The van der Waals surface area contributed by atoms with Gasteiger partial charge in [0.2, 0.25) is 0 Å². The van der Waals surface area contributed by atoms with Crippen LogP contribution < -0.4 is 4.90 Å². The molecule has 0 unspecified atom stereocenters. The van der Waals surface area contributed by atoms with E-state index in [9.17, 15) is 9.90 Å². The molecule has 0 atom stereocenters. The standard InChI is InChI=1S/C14H14BrNO2S/c1-2-16(9-11-4-3-7-19-11)13-8-10(15)5-6-12(13)14(17)18/h3-8H,2,9H2,1H3,(H,17,18). The normalized spacial score (nSPS) is 10.4. The Morgan fingerprint density at radius 2 is 2.21 bits per heavy atom. The lowest BCUT2D eigenvalue weighted by molar-refractivity contribution is 0.0697. The van der Waals surface area contributed by atoms with Gasteiger partial charge in [-0.15, -0.1) is 11.3 Å². The van der Waals surface area contributed by atoms with Gasteiger partial charge in [-0.05, 0) is 36.6 Å². The Bertz CT molecular complexity index is 569. The summed E-state index contributed by atoms with van der Waals surface area (Å²) in [6.45, 7) is 3.51. The molecule has 2 rings (SSSR count). The summed E-state index contributed by atoms with van der Waals surface area (Å²) < 4.78 is 0.886. The molecule has 0 radical (unpaired) electrons. The highest BCUT2D eigenvalue weighted by Crippen LogP contribution is 2.27. The fraction of sp³-hybridized carbons (Fsp3) is 0.214. The van der Waals surface area contributed by atoms with Gasteiger partial charge in [0.25, 0.3) is 0 Å². The third kappa shape index (κ3) is 3.36. The highest BCUT2D eigenvalue weighted by Gasteiger charge is 2.16. The molecule has 0 spiro atoms. The van der Waals surface area contributed by atoms with Gasteiger partial charge >= 0.3 is 5.97 Å². The number of hydrogen-bond donors (Lipinski definition) is 1. The van der Waals surface area contributed by atoms with E-state index >= 15 is 0 Å². The van der Waals surface area contributed by atoms with Crippen molar-refractivity contribution in [2.45, 2.75) is 13.5 Å². The van der Waals surface area contributed by atoms with E-state index in [1.807, 2.05) is 24.4 Å². The van der Waals surface area contributed by atoms with Crippen LogP contribution in [0.4, 0.5) is 5.69 Å². The van der Waals surface area contributed by atoms with E-state index in [-0.39, 0.29) is 0 Å². The van der Waals surface area contributed by atoms with Gasteiger partial charge in [0, 0.05) is 15.9 Å². The largest absolute Gasteiger partial charge is 0.478 e. The summed E-state index contributed by atoms with van der Waals surface area (Å²) >= 11 is 5.08. The van der Waals surface area contributed by atoms with Crippen LogP contribution in [0.25, 0.3) is 0 Å². The molecule has 1 aromatic carbocycles. The minimum absolute atomic E-state index is 0.335. The molecule has 0 aliphatic rings. The monoisotopic (exact) mass is 339 g/mol. The number of carbonyl (C=O) groups is 1. The van der Waals surface area contributed by atoms with Gasteiger partial charge in [0.05, 0.1) is 17.8 Å². The lowest BCUT2D eigenvalue weighted by Crippen LogP contribution is -2.23. The molecular formula is C14H14BrNO2S. The van der Waals surface area contributed by atoms with Crippen LogP contribution in [0.3, 0.4) is 0 Å². The van der Waals surface area contributed by atoms with E-state index in [1.54, 1.807) is 23.5 Å². The molecule has 2 aromatic rings. The first-order chi connectivity index (χ1) is 9.11. The third-order valence-corrected chi connectivity index (χ3v) is 4.19. The van der Waals surface area contributed by atoms with Crippen molar-refractivity contribution in [2.75, 3.05) is 11.4 Å². The van der Waals surface area contributed by atoms with Gasteiger partial charge in [-0.1, -0.05) is 22.0 Å². The second-order valence-electron chi connectivity index (χ2n) is 4.06. The molecule has 0 bridgehead atoms. The van der Waals surface area contributed by atoms with Crippen LogP contribution in [-0.4, -0.2) is 17.6 Å². The lowest BCUT2D eigenvalue weighted by atomic mass is 10.1. The summed E-state index contributed by atoms with van der Waals surface area (Å²) in [5.41, 5.74) is 1.08. The maximum Gasteiger partial charge on any atom is 0.337 e. The Morgan fingerprint density at radius 1 is 1.42 bits per heavy atom. The smallest absolute Gasteiger partial charge is 0.337 e.